The van der Waals surface area contributed by atoms with Gasteiger partial charge in [-0.1, -0.05) is 42.5 Å². The van der Waals surface area contributed by atoms with Crippen molar-refractivity contribution >= 4 is 23.8 Å². The van der Waals surface area contributed by atoms with E-state index in [1.807, 2.05) is 30.3 Å². The molecule has 0 saturated carbocycles. The molecule has 0 fully saturated rings. The smallest absolute Gasteiger partial charge is 0.345 e. The number of hydrogen-bond donors (Lipinski definition) is 0. The topological polar surface area (TPSA) is 118 Å². The molecular weight excluding hydrogens is 506 g/mol. The molecule has 0 aliphatic carbocycles. The SMILES string of the molecule is CCOC(=O)C(=CC(=O)N(Cc1ccc(OC)cc1)[C@@H](COCc1ccccc1)C(=O)OCC)C(=O)OCC. The number of ether oxygens (including phenoxy) is 5. The van der Waals surface area contributed by atoms with Gasteiger partial charge in [0.25, 0.3) is 0 Å². The lowest BCUT2D eigenvalue weighted by atomic mass is 10.1. The molecule has 2 aromatic rings. The van der Waals surface area contributed by atoms with Crippen LogP contribution in [-0.2, 0) is 51.3 Å². The van der Waals surface area contributed by atoms with Crippen LogP contribution in [-0.4, -0.2) is 68.3 Å². The van der Waals surface area contributed by atoms with Crippen LogP contribution in [0.4, 0.5) is 0 Å². The molecule has 0 saturated heterocycles. The maximum absolute atomic E-state index is 13.6. The molecule has 10 heteroatoms. The van der Waals surface area contributed by atoms with Crippen LogP contribution in [0, 0.1) is 0 Å². The van der Waals surface area contributed by atoms with Gasteiger partial charge in [0.15, 0.2) is 6.04 Å². The van der Waals surface area contributed by atoms with Crippen molar-refractivity contribution in [1.29, 1.82) is 0 Å². The van der Waals surface area contributed by atoms with E-state index in [1.54, 1.807) is 45.0 Å². The number of hydrogen-bond acceptors (Lipinski definition) is 9. The largest absolute Gasteiger partial charge is 0.497 e. The standard InChI is InChI=1S/C29H35NO9/c1-5-37-27(32)24(28(33)38-6-2)17-26(31)30(18-21-13-15-23(35-4)16-14-21)25(29(34)39-7-3)20-36-19-22-11-9-8-10-12-22/h8-17,25H,5-7,18-20H2,1-4H3/t25-/m0/s1. The first-order valence-electron chi connectivity index (χ1n) is 12.6. The van der Waals surface area contributed by atoms with E-state index < -0.39 is 35.4 Å². The molecule has 0 heterocycles. The van der Waals surface area contributed by atoms with Gasteiger partial charge in [-0.15, -0.1) is 0 Å². The Morgan fingerprint density at radius 3 is 1.92 bits per heavy atom. The predicted molar refractivity (Wildman–Crippen MR) is 141 cm³/mol. The summed E-state index contributed by atoms with van der Waals surface area (Å²) in [7, 11) is 1.53. The fourth-order valence-electron chi connectivity index (χ4n) is 3.48. The maximum atomic E-state index is 13.6. The van der Waals surface area contributed by atoms with Gasteiger partial charge in [-0.3, -0.25) is 4.79 Å². The molecular formula is C29H35NO9. The molecule has 0 N–H and O–H groups in total. The number of benzene rings is 2. The molecule has 2 aromatic carbocycles. The summed E-state index contributed by atoms with van der Waals surface area (Å²) >= 11 is 0. The van der Waals surface area contributed by atoms with Crippen LogP contribution in [0.25, 0.3) is 0 Å². The molecule has 0 aliphatic rings. The van der Waals surface area contributed by atoms with Crippen LogP contribution in [0.1, 0.15) is 31.9 Å². The van der Waals surface area contributed by atoms with E-state index in [4.69, 9.17) is 23.7 Å². The van der Waals surface area contributed by atoms with Gasteiger partial charge < -0.3 is 28.6 Å². The minimum Gasteiger partial charge on any atom is -0.497 e. The second-order valence-corrected chi connectivity index (χ2v) is 8.08. The summed E-state index contributed by atoms with van der Waals surface area (Å²) in [5, 5.41) is 0. The van der Waals surface area contributed by atoms with E-state index in [0.717, 1.165) is 11.6 Å². The summed E-state index contributed by atoms with van der Waals surface area (Å²) in [6, 6.07) is 15.0. The van der Waals surface area contributed by atoms with Gasteiger partial charge in [0.1, 0.15) is 11.3 Å². The van der Waals surface area contributed by atoms with Crippen LogP contribution >= 0.6 is 0 Å². The zero-order valence-corrected chi connectivity index (χ0v) is 22.7. The van der Waals surface area contributed by atoms with Crippen LogP contribution in [0.15, 0.2) is 66.2 Å². The fourth-order valence-corrected chi connectivity index (χ4v) is 3.48. The van der Waals surface area contributed by atoms with Gasteiger partial charge in [-0.05, 0) is 44.0 Å². The molecule has 210 valence electrons. The maximum Gasteiger partial charge on any atom is 0.345 e. The molecule has 1 atom stereocenters. The van der Waals surface area contributed by atoms with Crippen LogP contribution in [0.3, 0.4) is 0 Å². The monoisotopic (exact) mass is 541 g/mol. The van der Waals surface area contributed by atoms with Crippen molar-refractivity contribution in [2.24, 2.45) is 0 Å². The first kappa shape index (κ1) is 31.0. The van der Waals surface area contributed by atoms with E-state index in [9.17, 15) is 19.2 Å². The minimum atomic E-state index is -1.19. The van der Waals surface area contributed by atoms with Gasteiger partial charge in [0, 0.05) is 12.6 Å². The molecule has 39 heavy (non-hydrogen) atoms. The Balaban J connectivity index is 2.46. The second kappa shape index (κ2) is 16.6. The van der Waals surface area contributed by atoms with Crippen LogP contribution in [0.5, 0.6) is 5.75 Å². The van der Waals surface area contributed by atoms with Crippen molar-refractivity contribution < 1.29 is 42.9 Å². The highest BCUT2D eigenvalue weighted by Gasteiger charge is 2.33. The van der Waals surface area contributed by atoms with Gasteiger partial charge in [-0.25, -0.2) is 14.4 Å². The number of methoxy groups -OCH3 is 1. The Kier molecular flexibility index (Phi) is 13.2. The Hall–Kier alpha value is -4.18. The Morgan fingerprint density at radius 2 is 1.38 bits per heavy atom. The molecule has 10 nitrogen and oxygen atoms in total. The normalized spacial score (nSPS) is 11.1. The number of carbonyl (C=O) groups excluding carboxylic acids is 4. The number of nitrogens with zero attached hydrogens (tertiary/aromatic N) is 1. The van der Waals surface area contributed by atoms with E-state index in [2.05, 4.69) is 0 Å². The lowest BCUT2D eigenvalue weighted by Crippen LogP contribution is -2.48. The molecule has 0 spiro atoms. The molecule has 0 unspecified atom stereocenters. The van der Waals surface area contributed by atoms with E-state index in [-0.39, 0.29) is 39.6 Å². The number of esters is 3. The molecule has 0 bridgehead atoms. The first-order chi connectivity index (χ1) is 18.8. The van der Waals surface area contributed by atoms with Gasteiger partial charge >= 0.3 is 17.9 Å². The summed E-state index contributed by atoms with van der Waals surface area (Å²) in [5.41, 5.74) is 0.944. The van der Waals surface area contributed by atoms with Crippen molar-refractivity contribution in [2.45, 2.75) is 40.0 Å². The Labute approximate surface area is 228 Å². The third-order valence-corrected chi connectivity index (χ3v) is 5.38. The van der Waals surface area contributed by atoms with Gasteiger partial charge in [0.2, 0.25) is 5.91 Å². The van der Waals surface area contributed by atoms with E-state index >= 15 is 0 Å². The predicted octanol–water partition coefficient (Wildman–Crippen LogP) is 3.22. The quantitative estimate of drug-likeness (QED) is 0.110. The molecule has 0 radical (unpaired) electrons. The average molecular weight is 542 g/mol. The summed E-state index contributed by atoms with van der Waals surface area (Å²) in [5.74, 6) is -2.92. The Morgan fingerprint density at radius 1 is 0.795 bits per heavy atom. The lowest BCUT2D eigenvalue weighted by Gasteiger charge is -2.29. The minimum absolute atomic E-state index is 0.0158. The highest BCUT2D eigenvalue weighted by molar-refractivity contribution is 6.17. The summed E-state index contributed by atoms with van der Waals surface area (Å²) < 4.78 is 26.2. The molecule has 0 aliphatic heterocycles. The average Bonchev–Trinajstić information content (AvgIpc) is 2.94. The third kappa shape index (κ3) is 9.90. The van der Waals surface area contributed by atoms with Crippen molar-refractivity contribution in [1.82, 2.24) is 4.90 Å². The first-order valence-corrected chi connectivity index (χ1v) is 12.6. The summed E-state index contributed by atoms with van der Waals surface area (Å²) in [6.45, 7) is 4.76. The zero-order valence-electron chi connectivity index (χ0n) is 22.7. The molecule has 1 amide bonds. The lowest BCUT2D eigenvalue weighted by molar-refractivity contribution is -0.157. The van der Waals surface area contributed by atoms with Crippen molar-refractivity contribution in [2.75, 3.05) is 33.5 Å². The van der Waals surface area contributed by atoms with Crippen molar-refractivity contribution in [3.05, 3.63) is 77.4 Å². The molecule has 0 aromatic heterocycles. The zero-order chi connectivity index (χ0) is 28.6. The summed E-state index contributed by atoms with van der Waals surface area (Å²) in [6.07, 6.45) is 0.822. The van der Waals surface area contributed by atoms with Gasteiger partial charge in [0.05, 0.1) is 40.1 Å². The number of amides is 1. The highest BCUT2D eigenvalue weighted by Crippen LogP contribution is 2.17. The van der Waals surface area contributed by atoms with E-state index in [0.29, 0.717) is 11.3 Å². The van der Waals surface area contributed by atoms with Crippen molar-refractivity contribution in [3.8, 4) is 5.75 Å². The van der Waals surface area contributed by atoms with Gasteiger partial charge in [-0.2, -0.15) is 0 Å². The fraction of sp³-hybridized carbons (Fsp3) is 0.379. The second-order valence-electron chi connectivity index (χ2n) is 8.08. The third-order valence-electron chi connectivity index (χ3n) is 5.38. The number of carbonyl (C=O) groups is 4. The highest BCUT2D eigenvalue weighted by atomic mass is 16.6. The Bertz CT molecular complexity index is 1090. The molecule has 2 rings (SSSR count). The number of rotatable bonds is 15. The van der Waals surface area contributed by atoms with Crippen LogP contribution < -0.4 is 4.74 Å². The summed E-state index contributed by atoms with van der Waals surface area (Å²) in [4.78, 5) is 52.9. The van der Waals surface area contributed by atoms with Crippen LogP contribution in [0.2, 0.25) is 0 Å². The van der Waals surface area contributed by atoms with Crippen molar-refractivity contribution in [3.63, 3.8) is 0 Å². The van der Waals surface area contributed by atoms with E-state index in [1.165, 1.54) is 12.0 Å².